The summed E-state index contributed by atoms with van der Waals surface area (Å²) in [4.78, 5) is 11.8. The van der Waals surface area contributed by atoms with E-state index in [-0.39, 0.29) is 5.91 Å². The Labute approximate surface area is 127 Å². The highest BCUT2D eigenvalue weighted by Crippen LogP contribution is 2.20. The summed E-state index contributed by atoms with van der Waals surface area (Å²) < 4.78 is 0. The monoisotopic (exact) mass is 292 g/mol. The lowest BCUT2D eigenvalue weighted by Gasteiger charge is -2.18. The Morgan fingerprint density at radius 1 is 1.25 bits per heavy atom. The standard InChI is InChI=1S/C16H24N2OS/c1-6-11(2)12-7-9-13(10-8-12)17-15(20)18-14(19)16(3,4)5/h7-11H,6H2,1-5H3,(H2,17,18,19,20). The van der Waals surface area contributed by atoms with Crippen LogP contribution in [-0.4, -0.2) is 11.0 Å². The fraction of sp³-hybridized carbons (Fsp3) is 0.500. The van der Waals surface area contributed by atoms with Crippen LogP contribution in [-0.2, 0) is 4.79 Å². The summed E-state index contributed by atoms with van der Waals surface area (Å²) in [7, 11) is 0. The largest absolute Gasteiger partial charge is 0.332 e. The zero-order valence-corrected chi connectivity index (χ0v) is 13.7. The van der Waals surface area contributed by atoms with Crippen LogP contribution >= 0.6 is 12.2 Å². The molecule has 1 atom stereocenters. The molecule has 0 spiro atoms. The summed E-state index contributed by atoms with van der Waals surface area (Å²) in [6.45, 7) is 9.94. The maximum Gasteiger partial charge on any atom is 0.231 e. The number of thiocarbonyl (C=S) groups is 1. The second kappa shape index (κ2) is 6.84. The SMILES string of the molecule is CCC(C)c1ccc(NC(=S)NC(=O)C(C)(C)C)cc1. The van der Waals surface area contributed by atoms with Crippen LogP contribution in [0.1, 0.15) is 52.5 Å². The molecule has 110 valence electrons. The lowest BCUT2D eigenvalue weighted by molar-refractivity contribution is -0.126. The number of anilines is 1. The van der Waals surface area contributed by atoms with Crippen molar-refractivity contribution in [3.63, 3.8) is 0 Å². The van der Waals surface area contributed by atoms with E-state index in [0.717, 1.165) is 12.1 Å². The Balaban J connectivity index is 2.61. The van der Waals surface area contributed by atoms with E-state index < -0.39 is 5.41 Å². The highest BCUT2D eigenvalue weighted by molar-refractivity contribution is 7.80. The summed E-state index contributed by atoms with van der Waals surface area (Å²) in [5.74, 6) is 0.461. The molecule has 3 nitrogen and oxygen atoms in total. The molecule has 0 aromatic heterocycles. The highest BCUT2D eigenvalue weighted by atomic mass is 32.1. The summed E-state index contributed by atoms with van der Waals surface area (Å²) >= 11 is 5.15. The molecule has 2 N–H and O–H groups in total. The van der Waals surface area contributed by atoms with Crippen molar-refractivity contribution in [2.24, 2.45) is 5.41 Å². The predicted octanol–water partition coefficient (Wildman–Crippen LogP) is 4.06. The van der Waals surface area contributed by atoms with Crippen molar-refractivity contribution in [3.05, 3.63) is 29.8 Å². The molecule has 1 rings (SSSR count). The zero-order valence-electron chi connectivity index (χ0n) is 12.9. The van der Waals surface area contributed by atoms with Crippen LogP contribution in [0, 0.1) is 5.41 Å². The predicted molar refractivity (Wildman–Crippen MR) is 89.0 cm³/mol. The summed E-state index contributed by atoms with van der Waals surface area (Å²) in [5.41, 5.74) is 1.74. The Morgan fingerprint density at radius 2 is 1.80 bits per heavy atom. The van der Waals surface area contributed by atoms with E-state index in [2.05, 4.69) is 36.6 Å². The van der Waals surface area contributed by atoms with Gasteiger partial charge in [0.05, 0.1) is 0 Å². The number of rotatable bonds is 3. The van der Waals surface area contributed by atoms with Crippen LogP contribution in [0.2, 0.25) is 0 Å². The average Bonchev–Trinajstić information content (AvgIpc) is 2.37. The van der Waals surface area contributed by atoms with Gasteiger partial charge in [0, 0.05) is 11.1 Å². The van der Waals surface area contributed by atoms with Crippen LogP contribution in [0.25, 0.3) is 0 Å². The van der Waals surface area contributed by atoms with E-state index in [0.29, 0.717) is 11.0 Å². The van der Waals surface area contributed by atoms with Crippen molar-refractivity contribution in [2.75, 3.05) is 5.32 Å². The molecule has 0 saturated heterocycles. The molecule has 1 aromatic rings. The van der Waals surface area contributed by atoms with Gasteiger partial charge in [-0.25, -0.2) is 0 Å². The number of carbonyl (C=O) groups is 1. The van der Waals surface area contributed by atoms with Gasteiger partial charge in [0.15, 0.2) is 5.11 Å². The second-order valence-electron chi connectivity index (χ2n) is 6.09. The molecule has 0 aliphatic rings. The van der Waals surface area contributed by atoms with Crippen molar-refractivity contribution in [2.45, 2.75) is 47.0 Å². The Bertz CT molecular complexity index is 474. The zero-order chi connectivity index (χ0) is 15.3. The maximum absolute atomic E-state index is 11.8. The molecule has 1 aromatic carbocycles. The number of amides is 1. The van der Waals surface area contributed by atoms with E-state index in [1.807, 2.05) is 32.9 Å². The van der Waals surface area contributed by atoms with Gasteiger partial charge in [0.2, 0.25) is 5.91 Å². The number of benzene rings is 1. The first kappa shape index (κ1) is 16.6. The third kappa shape index (κ3) is 4.93. The van der Waals surface area contributed by atoms with E-state index in [9.17, 15) is 4.79 Å². The topological polar surface area (TPSA) is 41.1 Å². The van der Waals surface area contributed by atoms with Gasteiger partial charge >= 0.3 is 0 Å². The van der Waals surface area contributed by atoms with Gasteiger partial charge in [0.1, 0.15) is 0 Å². The molecule has 0 radical (unpaired) electrons. The second-order valence-corrected chi connectivity index (χ2v) is 6.50. The lowest BCUT2D eigenvalue weighted by atomic mass is 9.96. The average molecular weight is 292 g/mol. The fourth-order valence-corrected chi connectivity index (χ4v) is 1.79. The van der Waals surface area contributed by atoms with E-state index >= 15 is 0 Å². The van der Waals surface area contributed by atoms with Crippen molar-refractivity contribution < 1.29 is 4.79 Å². The highest BCUT2D eigenvalue weighted by Gasteiger charge is 2.21. The van der Waals surface area contributed by atoms with Gasteiger partial charge in [-0.05, 0) is 42.3 Å². The summed E-state index contributed by atoms with van der Waals surface area (Å²) in [6, 6.07) is 8.14. The molecule has 0 saturated carbocycles. The Morgan fingerprint density at radius 3 is 2.25 bits per heavy atom. The fourth-order valence-electron chi connectivity index (χ4n) is 1.58. The number of nitrogens with one attached hydrogen (secondary N) is 2. The minimum Gasteiger partial charge on any atom is -0.332 e. The number of hydrogen-bond donors (Lipinski definition) is 2. The van der Waals surface area contributed by atoms with Crippen LogP contribution in [0.5, 0.6) is 0 Å². The van der Waals surface area contributed by atoms with Crippen molar-refractivity contribution in [1.29, 1.82) is 0 Å². The molecular formula is C16H24N2OS. The molecule has 0 aliphatic heterocycles. The Hall–Kier alpha value is -1.42. The van der Waals surface area contributed by atoms with Crippen LogP contribution in [0.3, 0.4) is 0 Å². The third-order valence-electron chi connectivity index (χ3n) is 3.26. The van der Waals surface area contributed by atoms with Gasteiger partial charge < -0.3 is 10.6 Å². The smallest absolute Gasteiger partial charge is 0.231 e. The Kier molecular flexibility index (Phi) is 5.69. The van der Waals surface area contributed by atoms with Crippen LogP contribution in [0.4, 0.5) is 5.69 Å². The molecule has 1 amide bonds. The maximum atomic E-state index is 11.8. The van der Waals surface area contributed by atoms with Gasteiger partial charge in [-0.3, -0.25) is 4.79 Å². The molecule has 1 unspecified atom stereocenters. The van der Waals surface area contributed by atoms with Crippen LogP contribution < -0.4 is 10.6 Å². The minimum absolute atomic E-state index is 0.0915. The van der Waals surface area contributed by atoms with Gasteiger partial charge in [-0.15, -0.1) is 0 Å². The molecule has 0 fully saturated rings. The van der Waals surface area contributed by atoms with Crippen molar-refractivity contribution in [3.8, 4) is 0 Å². The lowest BCUT2D eigenvalue weighted by Crippen LogP contribution is -2.41. The molecule has 20 heavy (non-hydrogen) atoms. The van der Waals surface area contributed by atoms with Crippen LogP contribution in [0.15, 0.2) is 24.3 Å². The van der Waals surface area contributed by atoms with Crippen molar-refractivity contribution in [1.82, 2.24) is 5.32 Å². The van der Waals surface area contributed by atoms with Gasteiger partial charge in [-0.2, -0.15) is 0 Å². The molecule has 0 heterocycles. The normalized spacial score (nSPS) is 12.7. The van der Waals surface area contributed by atoms with E-state index in [1.165, 1.54) is 5.56 Å². The summed E-state index contributed by atoms with van der Waals surface area (Å²) in [6.07, 6.45) is 1.12. The molecule has 0 aliphatic carbocycles. The van der Waals surface area contributed by atoms with E-state index in [1.54, 1.807) is 0 Å². The first-order valence-corrected chi connectivity index (χ1v) is 7.37. The first-order chi connectivity index (χ1) is 9.24. The van der Waals surface area contributed by atoms with Gasteiger partial charge in [0.25, 0.3) is 0 Å². The molecule has 0 bridgehead atoms. The number of carbonyl (C=O) groups excluding carboxylic acids is 1. The van der Waals surface area contributed by atoms with E-state index in [4.69, 9.17) is 12.2 Å². The molecule has 4 heteroatoms. The van der Waals surface area contributed by atoms with Gasteiger partial charge in [-0.1, -0.05) is 46.8 Å². The number of hydrogen-bond acceptors (Lipinski definition) is 2. The minimum atomic E-state index is -0.452. The first-order valence-electron chi connectivity index (χ1n) is 6.96. The van der Waals surface area contributed by atoms with Crippen molar-refractivity contribution >= 4 is 28.9 Å². The quantitative estimate of drug-likeness (QED) is 0.825. The third-order valence-corrected chi connectivity index (χ3v) is 3.46. The summed E-state index contributed by atoms with van der Waals surface area (Å²) in [5, 5.41) is 6.06. The molecular weight excluding hydrogens is 268 g/mol.